The Hall–Kier alpha value is -2.15. The number of carbonyl (C=O) groups is 1. The number of halogens is 1. The van der Waals surface area contributed by atoms with Crippen molar-refractivity contribution in [1.82, 2.24) is 20.9 Å². The van der Waals surface area contributed by atoms with Gasteiger partial charge in [-0.1, -0.05) is 12.1 Å². The van der Waals surface area contributed by atoms with Crippen LogP contribution in [0.5, 0.6) is 0 Å². The van der Waals surface area contributed by atoms with Gasteiger partial charge in [-0.2, -0.15) is 0 Å². The Bertz CT molecular complexity index is 596. The highest BCUT2D eigenvalue weighted by atomic mass is 19.1. The van der Waals surface area contributed by atoms with E-state index in [1.807, 2.05) is 0 Å². The number of nitrogens with one attached hydrogen (secondary N) is 3. The van der Waals surface area contributed by atoms with Gasteiger partial charge in [0.05, 0.1) is 6.42 Å². The van der Waals surface area contributed by atoms with Crippen LogP contribution in [0.1, 0.15) is 33.3 Å². The van der Waals surface area contributed by atoms with Gasteiger partial charge in [-0.25, -0.2) is 4.39 Å². The van der Waals surface area contributed by atoms with Gasteiger partial charge in [0.2, 0.25) is 5.91 Å². The molecule has 0 aliphatic carbocycles. The Morgan fingerprint density at radius 1 is 1.07 bits per heavy atom. The first-order valence-corrected chi connectivity index (χ1v) is 9.55. The van der Waals surface area contributed by atoms with Crippen LogP contribution < -0.4 is 16.0 Å². The first-order valence-electron chi connectivity index (χ1n) is 9.55. The highest BCUT2D eigenvalue weighted by Crippen LogP contribution is 2.04. The largest absolute Gasteiger partial charge is 0.355 e. The van der Waals surface area contributed by atoms with Gasteiger partial charge in [-0.05, 0) is 45.4 Å². The molecule has 3 N–H and O–H groups in total. The maximum absolute atomic E-state index is 13.1. The Morgan fingerprint density at radius 2 is 1.70 bits per heavy atom. The van der Waals surface area contributed by atoms with E-state index in [1.54, 1.807) is 19.2 Å². The molecule has 1 aromatic carbocycles. The Morgan fingerprint density at radius 3 is 2.30 bits per heavy atom. The van der Waals surface area contributed by atoms with Crippen LogP contribution >= 0.6 is 0 Å². The molecule has 0 radical (unpaired) electrons. The van der Waals surface area contributed by atoms with Crippen molar-refractivity contribution in [2.75, 3.05) is 33.2 Å². The molecule has 1 aromatic rings. The molecule has 0 atom stereocenters. The van der Waals surface area contributed by atoms with E-state index in [0.717, 1.165) is 13.1 Å². The number of amides is 1. The number of guanidine groups is 1. The monoisotopic (exact) mass is 379 g/mol. The van der Waals surface area contributed by atoms with Crippen LogP contribution in [0.15, 0.2) is 29.3 Å². The van der Waals surface area contributed by atoms with Crippen molar-refractivity contribution in [2.45, 2.75) is 46.2 Å². The third-order valence-corrected chi connectivity index (χ3v) is 4.21. The van der Waals surface area contributed by atoms with E-state index >= 15 is 0 Å². The summed E-state index contributed by atoms with van der Waals surface area (Å²) in [7, 11) is 1.72. The number of hydrogen-bond donors (Lipinski definition) is 3. The molecule has 1 rings (SSSR count). The zero-order chi connectivity index (χ0) is 20.2. The summed E-state index contributed by atoms with van der Waals surface area (Å²) in [5.41, 5.74) is 0.665. The van der Waals surface area contributed by atoms with Crippen molar-refractivity contribution in [3.63, 3.8) is 0 Å². The summed E-state index contributed by atoms with van der Waals surface area (Å²) in [6, 6.07) is 7.08. The van der Waals surface area contributed by atoms with Gasteiger partial charge in [0.1, 0.15) is 5.82 Å². The molecular weight excluding hydrogens is 345 g/mol. The number of nitrogens with zero attached hydrogens (tertiary/aromatic N) is 2. The first kappa shape index (κ1) is 22.9. The molecule has 6 nitrogen and oxygen atoms in total. The van der Waals surface area contributed by atoms with Crippen molar-refractivity contribution >= 4 is 11.9 Å². The summed E-state index contributed by atoms with van der Waals surface area (Å²) in [4.78, 5) is 18.5. The lowest BCUT2D eigenvalue weighted by molar-refractivity contribution is -0.120. The number of rotatable bonds is 10. The molecule has 0 saturated carbocycles. The summed E-state index contributed by atoms with van der Waals surface area (Å²) in [6.45, 7) is 11.5. The molecule has 1 amide bonds. The van der Waals surface area contributed by atoms with Crippen LogP contribution in [0.25, 0.3) is 0 Å². The molecule has 0 unspecified atom stereocenters. The second-order valence-corrected chi connectivity index (χ2v) is 7.01. The Labute approximate surface area is 162 Å². The second-order valence-electron chi connectivity index (χ2n) is 7.01. The summed E-state index contributed by atoms with van der Waals surface area (Å²) < 4.78 is 13.1. The predicted molar refractivity (Wildman–Crippen MR) is 109 cm³/mol. The molecule has 0 heterocycles. The fourth-order valence-corrected chi connectivity index (χ4v) is 2.91. The minimum absolute atomic E-state index is 0.130. The minimum Gasteiger partial charge on any atom is -0.355 e. The molecule has 27 heavy (non-hydrogen) atoms. The van der Waals surface area contributed by atoms with E-state index < -0.39 is 0 Å². The van der Waals surface area contributed by atoms with Gasteiger partial charge in [0.25, 0.3) is 0 Å². The number of benzene rings is 1. The van der Waals surface area contributed by atoms with Crippen molar-refractivity contribution in [1.29, 1.82) is 0 Å². The lowest BCUT2D eigenvalue weighted by Crippen LogP contribution is -2.46. The van der Waals surface area contributed by atoms with Crippen molar-refractivity contribution < 1.29 is 9.18 Å². The predicted octanol–water partition coefficient (Wildman–Crippen LogP) is 1.77. The zero-order valence-corrected chi connectivity index (χ0v) is 17.2. The van der Waals surface area contributed by atoms with E-state index in [-0.39, 0.29) is 18.1 Å². The quantitative estimate of drug-likeness (QED) is 0.329. The van der Waals surface area contributed by atoms with Crippen molar-refractivity contribution in [2.24, 2.45) is 4.99 Å². The summed E-state index contributed by atoms with van der Waals surface area (Å²) in [5.74, 6) is 0.252. The molecule has 0 saturated heterocycles. The van der Waals surface area contributed by atoms with Gasteiger partial charge in [0, 0.05) is 45.3 Å². The summed E-state index contributed by atoms with van der Waals surface area (Å²) in [6.07, 6.45) is 0.172. The average molecular weight is 380 g/mol. The first-order chi connectivity index (χ1) is 12.8. The van der Waals surface area contributed by atoms with E-state index in [4.69, 9.17) is 0 Å². The second kappa shape index (κ2) is 12.3. The highest BCUT2D eigenvalue weighted by molar-refractivity contribution is 5.80. The fraction of sp³-hybridized carbons (Fsp3) is 0.600. The van der Waals surface area contributed by atoms with E-state index in [9.17, 15) is 9.18 Å². The molecule has 152 valence electrons. The standard InChI is InChI=1S/C20H34FN5O/c1-15(2)26(16(3)4)12-11-25-20(22-5)24-10-9-23-19(27)14-17-7-6-8-18(21)13-17/h6-8,13,15-16H,9-12,14H2,1-5H3,(H,23,27)(H2,22,24,25). The molecule has 7 heteroatoms. The van der Waals surface area contributed by atoms with Crippen LogP contribution in [-0.2, 0) is 11.2 Å². The van der Waals surface area contributed by atoms with Gasteiger partial charge >= 0.3 is 0 Å². The minimum atomic E-state index is -0.328. The maximum Gasteiger partial charge on any atom is 0.224 e. The highest BCUT2D eigenvalue weighted by Gasteiger charge is 2.12. The lowest BCUT2D eigenvalue weighted by Gasteiger charge is -2.30. The zero-order valence-electron chi connectivity index (χ0n) is 17.2. The van der Waals surface area contributed by atoms with Crippen molar-refractivity contribution in [3.8, 4) is 0 Å². The number of aliphatic imine (C=N–C) groups is 1. The Balaban J connectivity index is 2.24. The number of hydrogen-bond acceptors (Lipinski definition) is 3. The molecule has 0 spiro atoms. The molecule has 0 aromatic heterocycles. The van der Waals surface area contributed by atoms with E-state index in [1.165, 1.54) is 12.1 Å². The van der Waals surface area contributed by atoms with Gasteiger partial charge in [0.15, 0.2) is 5.96 Å². The molecular formula is C20H34FN5O. The van der Waals surface area contributed by atoms with E-state index in [0.29, 0.717) is 36.7 Å². The average Bonchev–Trinajstić information content (AvgIpc) is 2.59. The topological polar surface area (TPSA) is 68.8 Å². The van der Waals surface area contributed by atoms with Crippen molar-refractivity contribution in [3.05, 3.63) is 35.6 Å². The summed E-state index contributed by atoms with van der Waals surface area (Å²) in [5, 5.41) is 9.28. The van der Waals surface area contributed by atoms with Crippen LogP contribution in [-0.4, -0.2) is 62.1 Å². The van der Waals surface area contributed by atoms with E-state index in [2.05, 4.69) is 53.5 Å². The molecule has 0 aliphatic rings. The van der Waals surface area contributed by atoms with Gasteiger partial charge in [-0.15, -0.1) is 0 Å². The molecule has 0 fully saturated rings. The third kappa shape index (κ3) is 9.38. The van der Waals surface area contributed by atoms with Crippen LogP contribution in [0.3, 0.4) is 0 Å². The van der Waals surface area contributed by atoms with Gasteiger partial charge < -0.3 is 16.0 Å². The Kier molecular flexibility index (Phi) is 10.4. The number of carbonyl (C=O) groups excluding carboxylic acids is 1. The third-order valence-electron chi connectivity index (χ3n) is 4.21. The molecule has 0 bridgehead atoms. The van der Waals surface area contributed by atoms with Crippen LogP contribution in [0.4, 0.5) is 4.39 Å². The SMILES string of the molecule is CN=C(NCCNC(=O)Cc1cccc(F)c1)NCCN(C(C)C)C(C)C. The fourth-order valence-electron chi connectivity index (χ4n) is 2.91. The molecule has 0 aliphatic heterocycles. The van der Waals surface area contributed by atoms with Crippen LogP contribution in [0.2, 0.25) is 0 Å². The maximum atomic E-state index is 13.1. The lowest BCUT2D eigenvalue weighted by atomic mass is 10.1. The van der Waals surface area contributed by atoms with Crippen LogP contribution in [0, 0.1) is 5.82 Å². The van der Waals surface area contributed by atoms with Gasteiger partial charge in [-0.3, -0.25) is 14.7 Å². The normalized spacial score (nSPS) is 12.0. The smallest absolute Gasteiger partial charge is 0.224 e. The summed E-state index contributed by atoms with van der Waals surface area (Å²) >= 11 is 0.